The topological polar surface area (TPSA) is 26.3 Å². The van der Waals surface area contributed by atoms with Crippen LogP contribution < -0.4 is 0 Å². The first-order valence-corrected chi connectivity index (χ1v) is 10.8. The van der Waals surface area contributed by atoms with Crippen LogP contribution in [0, 0.1) is 11.8 Å². The summed E-state index contributed by atoms with van der Waals surface area (Å²) in [6.07, 6.45) is 16.8. The Balaban J connectivity index is 3.94. The molecule has 0 fully saturated rings. The molecule has 0 N–H and O–H groups in total. The molecule has 0 atom stereocenters. The number of carbonyl (C=O) groups excluding carboxylic acids is 1. The number of unbranched alkanes of at least 4 members (excludes halogenated alkanes) is 7. The fourth-order valence-electron chi connectivity index (χ4n) is 3.20. The van der Waals surface area contributed by atoms with Crippen molar-refractivity contribution in [2.75, 3.05) is 6.61 Å². The fraction of sp³-hybridized carbons (Fsp3) is 0.955. The molecule has 2 heteroatoms. The van der Waals surface area contributed by atoms with Crippen LogP contribution in [0.1, 0.15) is 118 Å². The van der Waals surface area contributed by atoms with Gasteiger partial charge in [0, 0.05) is 6.42 Å². The summed E-state index contributed by atoms with van der Waals surface area (Å²) in [6.45, 7) is 9.60. The number of hydrogen-bond acceptors (Lipinski definition) is 2. The molecule has 24 heavy (non-hydrogen) atoms. The van der Waals surface area contributed by atoms with Crippen molar-refractivity contribution in [2.24, 2.45) is 11.8 Å². The molecule has 0 saturated heterocycles. The maximum absolute atomic E-state index is 12.1. The Hall–Kier alpha value is -0.530. The average molecular weight is 341 g/mol. The molecular weight excluding hydrogens is 296 g/mol. The van der Waals surface area contributed by atoms with Gasteiger partial charge in [0.1, 0.15) is 0 Å². The highest BCUT2D eigenvalue weighted by Crippen LogP contribution is 2.22. The zero-order valence-electron chi connectivity index (χ0n) is 17.1. The second-order valence-electron chi connectivity index (χ2n) is 7.88. The van der Waals surface area contributed by atoms with Crippen molar-refractivity contribution in [2.45, 2.75) is 118 Å². The van der Waals surface area contributed by atoms with E-state index in [1.807, 2.05) is 0 Å². The summed E-state index contributed by atoms with van der Waals surface area (Å²) >= 11 is 0. The Kier molecular flexibility index (Phi) is 16.9. The van der Waals surface area contributed by atoms with E-state index in [0.717, 1.165) is 12.3 Å². The smallest absolute Gasteiger partial charge is 0.306 e. The largest absolute Gasteiger partial charge is 0.466 e. The standard InChI is InChI=1S/C22H44O2/c1-5-7-9-11-16-21(17-12-10-8-6-2)19-22(23)24-18-14-13-15-20(3)4/h20-21H,5-19H2,1-4H3. The highest BCUT2D eigenvalue weighted by Gasteiger charge is 2.14. The van der Waals surface area contributed by atoms with Crippen LogP contribution in [0.3, 0.4) is 0 Å². The highest BCUT2D eigenvalue weighted by molar-refractivity contribution is 5.69. The Bertz CT molecular complexity index is 261. The van der Waals surface area contributed by atoms with Gasteiger partial charge in [0.25, 0.3) is 0 Å². The molecule has 0 bridgehead atoms. The van der Waals surface area contributed by atoms with Crippen LogP contribution in [0.15, 0.2) is 0 Å². The lowest BCUT2D eigenvalue weighted by Gasteiger charge is -2.16. The normalized spacial score (nSPS) is 11.4. The molecule has 0 rings (SSSR count). The Morgan fingerprint density at radius 3 is 1.79 bits per heavy atom. The maximum atomic E-state index is 12.1. The first-order valence-electron chi connectivity index (χ1n) is 10.8. The molecule has 0 spiro atoms. The van der Waals surface area contributed by atoms with Crippen LogP contribution in [0.5, 0.6) is 0 Å². The highest BCUT2D eigenvalue weighted by atomic mass is 16.5. The third kappa shape index (κ3) is 16.3. The number of carbonyl (C=O) groups is 1. The van der Waals surface area contributed by atoms with Crippen molar-refractivity contribution in [3.8, 4) is 0 Å². The van der Waals surface area contributed by atoms with E-state index in [4.69, 9.17) is 4.74 Å². The molecule has 0 aliphatic rings. The predicted octanol–water partition coefficient (Wildman–Crippen LogP) is 7.30. The molecule has 0 amide bonds. The summed E-state index contributed by atoms with van der Waals surface area (Å²) in [6, 6.07) is 0. The third-order valence-corrected chi connectivity index (χ3v) is 4.83. The van der Waals surface area contributed by atoms with Gasteiger partial charge in [-0.25, -0.2) is 0 Å². The third-order valence-electron chi connectivity index (χ3n) is 4.83. The molecule has 0 aliphatic carbocycles. The number of ether oxygens (including phenoxy) is 1. The van der Waals surface area contributed by atoms with Crippen LogP contribution in [0.4, 0.5) is 0 Å². The van der Waals surface area contributed by atoms with Gasteiger partial charge in [-0.1, -0.05) is 85.5 Å². The molecule has 0 heterocycles. The minimum atomic E-state index is 0.0375. The molecular formula is C22H44O2. The second kappa shape index (κ2) is 17.3. The minimum Gasteiger partial charge on any atom is -0.466 e. The van der Waals surface area contributed by atoms with Crippen molar-refractivity contribution < 1.29 is 9.53 Å². The zero-order chi connectivity index (χ0) is 18.0. The van der Waals surface area contributed by atoms with E-state index in [0.29, 0.717) is 18.9 Å². The molecule has 0 aromatic heterocycles. The first-order chi connectivity index (χ1) is 11.6. The van der Waals surface area contributed by atoms with Crippen LogP contribution >= 0.6 is 0 Å². The fourth-order valence-corrected chi connectivity index (χ4v) is 3.20. The van der Waals surface area contributed by atoms with Crippen LogP contribution in [-0.4, -0.2) is 12.6 Å². The number of esters is 1. The summed E-state index contributed by atoms with van der Waals surface area (Å²) in [7, 11) is 0. The molecule has 0 saturated carbocycles. The van der Waals surface area contributed by atoms with Crippen molar-refractivity contribution in [3.63, 3.8) is 0 Å². The van der Waals surface area contributed by atoms with Crippen LogP contribution in [0.2, 0.25) is 0 Å². The van der Waals surface area contributed by atoms with Gasteiger partial charge in [-0.2, -0.15) is 0 Å². The van der Waals surface area contributed by atoms with Crippen molar-refractivity contribution >= 4 is 5.97 Å². The Labute approximate surface area is 152 Å². The van der Waals surface area contributed by atoms with Gasteiger partial charge < -0.3 is 4.74 Å². The zero-order valence-corrected chi connectivity index (χ0v) is 17.1. The van der Waals surface area contributed by atoms with E-state index in [9.17, 15) is 4.79 Å². The summed E-state index contributed by atoms with van der Waals surface area (Å²) in [4.78, 5) is 12.1. The summed E-state index contributed by atoms with van der Waals surface area (Å²) in [5, 5.41) is 0. The lowest BCUT2D eigenvalue weighted by atomic mass is 9.92. The Morgan fingerprint density at radius 1 is 0.750 bits per heavy atom. The molecule has 0 aliphatic heterocycles. The van der Waals surface area contributed by atoms with Gasteiger partial charge in [0.15, 0.2) is 0 Å². The van der Waals surface area contributed by atoms with E-state index >= 15 is 0 Å². The van der Waals surface area contributed by atoms with Gasteiger partial charge in [-0.05, 0) is 37.5 Å². The summed E-state index contributed by atoms with van der Waals surface area (Å²) in [5.41, 5.74) is 0. The molecule has 144 valence electrons. The number of hydrogen-bond donors (Lipinski definition) is 0. The van der Waals surface area contributed by atoms with Gasteiger partial charge >= 0.3 is 5.97 Å². The lowest BCUT2D eigenvalue weighted by Crippen LogP contribution is -2.13. The molecule has 0 radical (unpaired) electrons. The predicted molar refractivity (Wildman–Crippen MR) is 105 cm³/mol. The number of rotatable bonds is 17. The first kappa shape index (κ1) is 23.5. The second-order valence-corrected chi connectivity index (χ2v) is 7.88. The van der Waals surface area contributed by atoms with Gasteiger partial charge in [0.2, 0.25) is 0 Å². The van der Waals surface area contributed by atoms with E-state index in [1.165, 1.54) is 77.0 Å². The lowest BCUT2D eigenvalue weighted by molar-refractivity contribution is -0.145. The SMILES string of the molecule is CCCCCCC(CCCCCC)CC(=O)OCCCCC(C)C. The Morgan fingerprint density at radius 2 is 1.29 bits per heavy atom. The molecule has 0 unspecified atom stereocenters. The molecule has 0 aromatic rings. The molecule has 2 nitrogen and oxygen atoms in total. The van der Waals surface area contributed by atoms with E-state index in [2.05, 4.69) is 27.7 Å². The monoisotopic (exact) mass is 340 g/mol. The minimum absolute atomic E-state index is 0.0375. The maximum Gasteiger partial charge on any atom is 0.306 e. The molecule has 0 aromatic carbocycles. The quantitative estimate of drug-likeness (QED) is 0.205. The van der Waals surface area contributed by atoms with Crippen LogP contribution in [-0.2, 0) is 9.53 Å². The van der Waals surface area contributed by atoms with E-state index in [-0.39, 0.29) is 5.97 Å². The average Bonchev–Trinajstić information content (AvgIpc) is 2.54. The van der Waals surface area contributed by atoms with Gasteiger partial charge in [0.05, 0.1) is 6.61 Å². The van der Waals surface area contributed by atoms with E-state index in [1.54, 1.807) is 0 Å². The summed E-state index contributed by atoms with van der Waals surface area (Å²) in [5.74, 6) is 1.33. The van der Waals surface area contributed by atoms with Gasteiger partial charge in [-0.3, -0.25) is 4.79 Å². The van der Waals surface area contributed by atoms with Crippen molar-refractivity contribution in [3.05, 3.63) is 0 Å². The van der Waals surface area contributed by atoms with Crippen LogP contribution in [0.25, 0.3) is 0 Å². The van der Waals surface area contributed by atoms with E-state index < -0.39 is 0 Å². The van der Waals surface area contributed by atoms with Crippen molar-refractivity contribution in [1.29, 1.82) is 0 Å². The summed E-state index contributed by atoms with van der Waals surface area (Å²) < 4.78 is 5.47. The van der Waals surface area contributed by atoms with Gasteiger partial charge in [-0.15, -0.1) is 0 Å². The van der Waals surface area contributed by atoms with Crippen molar-refractivity contribution in [1.82, 2.24) is 0 Å².